The van der Waals surface area contributed by atoms with Gasteiger partial charge in [0.05, 0.1) is 21.6 Å². The largest absolute Gasteiger partial charge is 0.493 e. The third-order valence-electron chi connectivity index (χ3n) is 4.27. The highest BCUT2D eigenvalue weighted by molar-refractivity contribution is 9.10. The van der Waals surface area contributed by atoms with Crippen LogP contribution in [0.1, 0.15) is 37.3 Å². The quantitative estimate of drug-likeness (QED) is 0.276. The van der Waals surface area contributed by atoms with Crippen molar-refractivity contribution < 1.29 is 14.2 Å². The molecule has 0 atom stereocenters. The molecule has 0 amide bonds. The Kier molecular flexibility index (Phi) is 13.8. The predicted octanol–water partition coefficient (Wildman–Crippen LogP) is 7.06. The molecule has 1 N–H and O–H groups in total. The van der Waals surface area contributed by atoms with E-state index in [1.165, 1.54) is 6.42 Å². The molecular weight excluding hydrogens is 513 g/mol. The van der Waals surface area contributed by atoms with Crippen LogP contribution in [0.4, 0.5) is 0 Å². The van der Waals surface area contributed by atoms with E-state index >= 15 is 0 Å². The number of benzene rings is 2. The number of methoxy groups -OCH3 is 1. The van der Waals surface area contributed by atoms with Crippen LogP contribution < -0.4 is 14.8 Å². The molecule has 2 aromatic carbocycles. The maximum Gasteiger partial charge on any atom is 0.175 e. The molecule has 0 heterocycles. The SMILES string of the molecule is CCCCOCCCNCc1cc(Br)c(OCc2ccc(Cl)c(Cl)c2)c(OC)c1.Cl. The van der Waals surface area contributed by atoms with E-state index in [1.54, 1.807) is 19.2 Å². The molecule has 0 unspecified atom stereocenters. The van der Waals surface area contributed by atoms with E-state index in [4.69, 9.17) is 37.4 Å². The van der Waals surface area contributed by atoms with Crippen molar-refractivity contribution in [3.8, 4) is 11.5 Å². The third kappa shape index (κ3) is 9.21. The normalized spacial score (nSPS) is 10.6. The Morgan fingerprint density at radius 3 is 2.47 bits per heavy atom. The second-order valence-corrected chi connectivity index (χ2v) is 8.31. The van der Waals surface area contributed by atoms with Crippen molar-refractivity contribution in [2.45, 2.75) is 39.3 Å². The molecule has 30 heavy (non-hydrogen) atoms. The van der Waals surface area contributed by atoms with Crippen LogP contribution in [0.3, 0.4) is 0 Å². The molecule has 168 valence electrons. The van der Waals surface area contributed by atoms with E-state index in [0.29, 0.717) is 28.2 Å². The van der Waals surface area contributed by atoms with Crippen LogP contribution in [0.2, 0.25) is 10.0 Å². The summed E-state index contributed by atoms with van der Waals surface area (Å²) < 4.78 is 17.9. The monoisotopic (exact) mass is 539 g/mol. The van der Waals surface area contributed by atoms with Crippen LogP contribution in [-0.4, -0.2) is 26.9 Å². The van der Waals surface area contributed by atoms with Crippen LogP contribution in [-0.2, 0) is 17.9 Å². The number of hydrogen-bond donors (Lipinski definition) is 1. The molecule has 0 spiro atoms. The van der Waals surface area contributed by atoms with Gasteiger partial charge in [0.15, 0.2) is 11.5 Å². The van der Waals surface area contributed by atoms with Crippen LogP contribution in [0.15, 0.2) is 34.8 Å². The second-order valence-electron chi connectivity index (χ2n) is 6.64. The van der Waals surface area contributed by atoms with Gasteiger partial charge in [0, 0.05) is 19.8 Å². The number of unbranched alkanes of at least 4 members (excludes halogenated alkanes) is 1. The van der Waals surface area contributed by atoms with E-state index in [1.807, 2.05) is 18.2 Å². The Morgan fingerprint density at radius 1 is 1.00 bits per heavy atom. The molecule has 2 rings (SSSR count). The summed E-state index contributed by atoms with van der Waals surface area (Å²) in [5.74, 6) is 1.34. The number of nitrogens with one attached hydrogen (secondary N) is 1. The molecule has 0 aromatic heterocycles. The Hall–Kier alpha value is -0.690. The van der Waals surface area contributed by atoms with E-state index in [-0.39, 0.29) is 12.4 Å². The molecule has 0 radical (unpaired) electrons. The Morgan fingerprint density at radius 2 is 1.77 bits per heavy atom. The summed E-state index contributed by atoms with van der Waals surface area (Å²) in [5.41, 5.74) is 2.04. The van der Waals surface area contributed by atoms with Crippen molar-refractivity contribution in [3.05, 3.63) is 56.0 Å². The van der Waals surface area contributed by atoms with Crippen molar-refractivity contribution in [2.24, 2.45) is 0 Å². The minimum absolute atomic E-state index is 0. The fourth-order valence-corrected chi connectivity index (χ4v) is 3.61. The lowest BCUT2D eigenvalue weighted by Crippen LogP contribution is -2.16. The number of ether oxygens (including phenoxy) is 3. The first kappa shape index (κ1) is 27.3. The molecule has 0 saturated carbocycles. The highest BCUT2D eigenvalue weighted by Crippen LogP contribution is 2.37. The minimum atomic E-state index is 0. The lowest BCUT2D eigenvalue weighted by Gasteiger charge is -2.15. The Labute approximate surface area is 204 Å². The van der Waals surface area contributed by atoms with Crippen molar-refractivity contribution in [2.75, 3.05) is 26.9 Å². The highest BCUT2D eigenvalue weighted by atomic mass is 79.9. The zero-order valence-electron chi connectivity index (χ0n) is 17.3. The topological polar surface area (TPSA) is 39.7 Å². The summed E-state index contributed by atoms with van der Waals surface area (Å²) in [5, 5.41) is 4.47. The summed E-state index contributed by atoms with van der Waals surface area (Å²) in [7, 11) is 1.64. The first-order chi connectivity index (χ1) is 14.0. The Bertz CT molecular complexity index is 778. The van der Waals surface area contributed by atoms with Gasteiger partial charge in [0.1, 0.15) is 6.61 Å². The second kappa shape index (κ2) is 15.2. The molecule has 8 heteroatoms. The maximum atomic E-state index is 6.07. The van der Waals surface area contributed by atoms with Crippen LogP contribution in [0.25, 0.3) is 0 Å². The Balaban J connectivity index is 0.00000450. The van der Waals surface area contributed by atoms with Gasteiger partial charge in [-0.25, -0.2) is 0 Å². The van der Waals surface area contributed by atoms with Gasteiger partial charge >= 0.3 is 0 Å². The van der Waals surface area contributed by atoms with Gasteiger partial charge < -0.3 is 19.5 Å². The first-order valence-electron chi connectivity index (χ1n) is 9.76. The zero-order valence-corrected chi connectivity index (χ0v) is 21.2. The van der Waals surface area contributed by atoms with Crippen molar-refractivity contribution >= 4 is 51.5 Å². The smallest absolute Gasteiger partial charge is 0.175 e. The van der Waals surface area contributed by atoms with Gasteiger partial charge in [0.2, 0.25) is 0 Å². The molecule has 0 bridgehead atoms. The molecule has 0 aliphatic carbocycles. The molecule has 0 aliphatic heterocycles. The van der Waals surface area contributed by atoms with E-state index < -0.39 is 0 Å². The third-order valence-corrected chi connectivity index (χ3v) is 5.60. The molecule has 4 nitrogen and oxygen atoms in total. The number of halogens is 4. The van der Waals surface area contributed by atoms with Gasteiger partial charge in [-0.3, -0.25) is 0 Å². The lowest BCUT2D eigenvalue weighted by molar-refractivity contribution is 0.129. The average molecular weight is 542 g/mol. The van der Waals surface area contributed by atoms with Gasteiger partial charge in [-0.05, 0) is 70.7 Å². The highest BCUT2D eigenvalue weighted by Gasteiger charge is 2.12. The van der Waals surface area contributed by atoms with E-state index in [9.17, 15) is 0 Å². The van der Waals surface area contributed by atoms with E-state index in [0.717, 1.165) is 54.7 Å². The summed E-state index contributed by atoms with van der Waals surface area (Å²) in [6.45, 7) is 5.83. The molecule has 0 aliphatic rings. The fourth-order valence-electron chi connectivity index (χ4n) is 2.68. The first-order valence-corrected chi connectivity index (χ1v) is 11.3. The standard InChI is InChI=1S/C22H28BrCl2NO3.ClH/c1-3-4-9-28-10-5-8-26-14-17-11-18(23)22(21(13-17)27-2)29-15-16-6-7-19(24)20(25)12-16;/h6-7,11-13,26H,3-5,8-10,14-15H2,1-2H3;1H. The molecule has 2 aromatic rings. The number of rotatable bonds is 13. The van der Waals surface area contributed by atoms with Crippen molar-refractivity contribution in [1.82, 2.24) is 5.32 Å². The van der Waals surface area contributed by atoms with Gasteiger partial charge in [-0.2, -0.15) is 0 Å². The summed E-state index contributed by atoms with van der Waals surface area (Å²) >= 11 is 15.6. The van der Waals surface area contributed by atoms with Gasteiger partial charge in [-0.15, -0.1) is 12.4 Å². The van der Waals surface area contributed by atoms with Crippen molar-refractivity contribution in [1.29, 1.82) is 0 Å². The van der Waals surface area contributed by atoms with Gasteiger partial charge in [-0.1, -0.05) is 42.6 Å². The summed E-state index contributed by atoms with van der Waals surface area (Å²) in [6.07, 6.45) is 3.29. The van der Waals surface area contributed by atoms with E-state index in [2.05, 4.69) is 28.2 Å². The molecule has 0 saturated heterocycles. The number of hydrogen-bond acceptors (Lipinski definition) is 4. The average Bonchev–Trinajstić information content (AvgIpc) is 2.71. The fraction of sp³-hybridized carbons (Fsp3) is 0.455. The van der Waals surface area contributed by atoms with Crippen LogP contribution in [0.5, 0.6) is 11.5 Å². The minimum Gasteiger partial charge on any atom is -0.493 e. The van der Waals surface area contributed by atoms with Gasteiger partial charge in [0.25, 0.3) is 0 Å². The summed E-state index contributed by atoms with van der Waals surface area (Å²) in [6, 6.07) is 9.48. The maximum absolute atomic E-state index is 6.07. The van der Waals surface area contributed by atoms with Crippen LogP contribution in [0, 0.1) is 0 Å². The molecular formula is C22H29BrCl3NO3. The van der Waals surface area contributed by atoms with Crippen molar-refractivity contribution in [3.63, 3.8) is 0 Å². The summed E-state index contributed by atoms with van der Waals surface area (Å²) in [4.78, 5) is 0. The predicted molar refractivity (Wildman–Crippen MR) is 131 cm³/mol. The molecule has 0 fully saturated rings. The zero-order chi connectivity index (χ0) is 21.1. The lowest BCUT2D eigenvalue weighted by atomic mass is 10.2. The van der Waals surface area contributed by atoms with Crippen LogP contribution >= 0.6 is 51.5 Å².